The molecule has 0 aromatic heterocycles. The maximum Gasteiger partial charge on any atom is 0.243 e. The first-order valence-corrected chi connectivity index (χ1v) is 8.33. The number of fused-ring (bicyclic) bond motifs is 1. The van der Waals surface area contributed by atoms with E-state index in [1.165, 1.54) is 15.4 Å². The van der Waals surface area contributed by atoms with E-state index < -0.39 is 10.0 Å². The SMILES string of the molecule is CN(C1CCNC1)S(=O)(=O)c1ccc2c(c1)CCC2. The molecule has 0 saturated carbocycles. The zero-order chi connectivity index (χ0) is 13.5. The minimum absolute atomic E-state index is 0.0817. The van der Waals surface area contributed by atoms with Crippen LogP contribution in [0.25, 0.3) is 0 Å². The highest BCUT2D eigenvalue weighted by Gasteiger charge is 2.30. The summed E-state index contributed by atoms with van der Waals surface area (Å²) in [6.45, 7) is 1.65. The van der Waals surface area contributed by atoms with Crippen LogP contribution in [0.5, 0.6) is 0 Å². The summed E-state index contributed by atoms with van der Waals surface area (Å²) in [5, 5.41) is 3.21. The third-order valence-electron chi connectivity index (χ3n) is 4.30. The largest absolute Gasteiger partial charge is 0.315 e. The molecule has 1 heterocycles. The summed E-state index contributed by atoms with van der Waals surface area (Å²) in [4.78, 5) is 0.447. The first-order valence-electron chi connectivity index (χ1n) is 6.89. The number of aryl methyl sites for hydroxylation is 2. The van der Waals surface area contributed by atoms with E-state index >= 15 is 0 Å². The van der Waals surface area contributed by atoms with E-state index in [2.05, 4.69) is 5.32 Å². The Kier molecular flexibility index (Phi) is 3.37. The molecule has 5 heteroatoms. The van der Waals surface area contributed by atoms with Crippen LogP contribution in [0.3, 0.4) is 0 Å². The Morgan fingerprint density at radius 3 is 2.79 bits per heavy atom. The zero-order valence-electron chi connectivity index (χ0n) is 11.2. The lowest BCUT2D eigenvalue weighted by molar-refractivity contribution is 0.387. The topological polar surface area (TPSA) is 49.4 Å². The van der Waals surface area contributed by atoms with Crippen molar-refractivity contribution in [2.24, 2.45) is 0 Å². The highest BCUT2D eigenvalue weighted by molar-refractivity contribution is 7.89. The van der Waals surface area contributed by atoms with Crippen LogP contribution >= 0.6 is 0 Å². The molecule has 0 bridgehead atoms. The van der Waals surface area contributed by atoms with E-state index in [1.807, 2.05) is 12.1 Å². The second kappa shape index (κ2) is 4.89. The van der Waals surface area contributed by atoms with Crippen molar-refractivity contribution >= 4 is 10.0 Å². The molecule has 2 aliphatic rings. The molecule has 1 unspecified atom stereocenters. The van der Waals surface area contributed by atoms with E-state index in [1.54, 1.807) is 13.1 Å². The molecule has 0 radical (unpaired) electrons. The molecule has 1 saturated heterocycles. The van der Waals surface area contributed by atoms with Crippen LogP contribution in [-0.4, -0.2) is 38.9 Å². The Labute approximate surface area is 114 Å². The molecule has 1 aromatic rings. The molecule has 1 N–H and O–H groups in total. The third-order valence-corrected chi connectivity index (χ3v) is 6.20. The standard InChI is InChI=1S/C14H20N2O2S/c1-16(13-7-8-15-10-13)19(17,18)14-6-5-11-3-2-4-12(11)9-14/h5-6,9,13,15H,2-4,7-8,10H2,1H3. The molecule has 1 aromatic carbocycles. The minimum Gasteiger partial charge on any atom is -0.315 e. The number of hydrogen-bond acceptors (Lipinski definition) is 3. The van der Waals surface area contributed by atoms with E-state index in [-0.39, 0.29) is 6.04 Å². The van der Waals surface area contributed by atoms with E-state index in [9.17, 15) is 8.42 Å². The van der Waals surface area contributed by atoms with Gasteiger partial charge in [-0.15, -0.1) is 0 Å². The lowest BCUT2D eigenvalue weighted by Gasteiger charge is -2.23. The number of hydrogen-bond donors (Lipinski definition) is 1. The number of nitrogens with zero attached hydrogens (tertiary/aromatic N) is 1. The van der Waals surface area contributed by atoms with E-state index in [0.717, 1.165) is 38.8 Å². The summed E-state index contributed by atoms with van der Waals surface area (Å²) in [7, 11) is -1.66. The molecule has 3 rings (SSSR count). The summed E-state index contributed by atoms with van der Waals surface area (Å²) in [5.41, 5.74) is 2.52. The second-order valence-electron chi connectivity index (χ2n) is 5.45. The van der Waals surface area contributed by atoms with Crippen LogP contribution in [0.4, 0.5) is 0 Å². The zero-order valence-corrected chi connectivity index (χ0v) is 12.0. The van der Waals surface area contributed by atoms with Crippen LogP contribution in [0.1, 0.15) is 24.0 Å². The second-order valence-corrected chi connectivity index (χ2v) is 7.45. The average Bonchev–Trinajstić information content (AvgIpc) is 3.07. The molecule has 1 atom stereocenters. The van der Waals surface area contributed by atoms with Gasteiger partial charge >= 0.3 is 0 Å². The van der Waals surface area contributed by atoms with Gasteiger partial charge in [-0.3, -0.25) is 0 Å². The molecular formula is C14H20N2O2S. The number of nitrogens with one attached hydrogen (secondary N) is 1. The maximum atomic E-state index is 12.6. The monoisotopic (exact) mass is 280 g/mol. The van der Waals surface area contributed by atoms with Crippen molar-refractivity contribution in [1.29, 1.82) is 0 Å². The van der Waals surface area contributed by atoms with Crippen LogP contribution < -0.4 is 5.32 Å². The van der Waals surface area contributed by atoms with Gasteiger partial charge in [-0.05, 0) is 55.5 Å². The van der Waals surface area contributed by atoms with Crippen LogP contribution in [-0.2, 0) is 22.9 Å². The number of benzene rings is 1. The van der Waals surface area contributed by atoms with E-state index in [0.29, 0.717) is 4.90 Å². The first-order chi connectivity index (χ1) is 9.09. The summed E-state index contributed by atoms with van der Waals surface area (Å²) >= 11 is 0. The maximum absolute atomic E-state index is 12.6. The highest BCUT2D eigenvalue weighted by atomic mass is 32.2. The lowest BCUT2D eigenvalue weighted by Crippen LogP contribution is -2.38. The predicted octanol–water partition coefficient (Wildman–Crippen LogP) is 1.16. The predicted molar refractivity (Wildman–Crippen MR) is 74.7 cm³/mol. The lowest BCUT2D eigenvalue weighted by atomic mass is 10.1. The summed E-state index contributed by atoms with van der Waals surface area (Å²) in [6, 6.07) is 5.70. The number of rotatable bonds is 3. The molecule has 1 aliphatic heterocycles. The Balaban J connectivity index is 1.91. The average molecular weight is 280 g/mol. The fourth-order valence-corrected chi connectivity index (χ4v) is 4.46. The van der Waals surface area contributed by atoms with Crippen molar-refractivity contribution in [1.82, 2.24) is 9.62 Å². The van der Waals surface area contributed by atoms with Crippen molar-refractivity contribution in [2.45, 2.75) is 36.6 Å². The van der Waals surface area contributed by atoms with Gasteiger partial charge in [0, 0.05) is 19.6 Å². The van der Waals surface area contributed by atoms with Gasteiger partial charge < -0.3 is 5.32 Å². The van der Waals surface area contributed by atoms with Gasteiger partial charge in [0.2, 0.25) is 10.0 Å². The van der Waals surface area contributed by atoms with E-state index in [4.69, 9.17) is 0 Å². The molecule has 19 heavy (non-hydrogen) atoms. The van der Waals surface area contributed by atoms with Gasteiger partial charge in [0.25, 0.3) is 0 Å². The van der Waals surface area contributed by atoms with Gasteiger partial charge in [-0.25, -0.2) is 8.42 Å². The summed E-state index contributed by atoms with van der Waals surface area (Å²) in [5.74, 6) is 0. The fourth-order valence-electron chi connectivity index (χ4n) is 3.02. The van der Waals surface area contributed by atoms with Gasteiger partial charge in [-0.2, -0.15) is 4.31 Å². The van der Waals surface area contributed by atoms with Crippen LogP contribution in [0.15, 0.2) is 23.1 Å². The molecule has 1 aliphatic carbocycles. The third kappa shape index (κ3) is 2.30. The quantitative estimate of drug-likeness (QED) is 0.904. The Morgan fingerprint density at radius 1 is 1.26 bits per heavy atom. The Bertz CT molecular complexity index is 577. The minimum atomic E-state index is -3.35. The van der Waals surface area contributed by atoms with Gasteiger partial charge in [0.05, 0.1) is 4.90 Å². The number of sulfonamides is 1. The molecular weight excluding hydrogens is 260 g/mol. The first kappa shape index (κ1) is 13.1. The Hall–Kier alpha value is -0.910. The molecule has 0 spiro atoms. The van der Waals surface area contributed by atoms with Crippen LogP contribution in [0, 0.1) is 0 Å². The molecule has 4 nitrogen and oxygen atoms in total. The highest BCUT2D eigenvalue weighted by Crippen LogP contribution is 2.27. The van der Waals surface area contributed by atoms with Crippen molar-refractivity contribution in [3.8, 4) is 0 Å². The smallest absolute Gasteiger partial charge is 0.243 e. The van der Waals surface area contributed by atoms with Gasteiger partial charge in [0.1, 0.15) is 0 Å². The van der Waals surface area contributed by atoms with Crippen molar-refractivity contribution in [3.05, 3.63) is 29.3 Å². The van der Waals surface area contributed by atoms with Crippen LogP contribution in [0.2, 0.25) is 0 Å². The molecule has 104 valence electrons. The number of likely N-dealkylation sites (N-methyl/N-ethyl adjacent to an activating group) is 1. The normalized spacial score (nSPS) is 22.9. The van der Waals surface area contributed by atoms with Crippen molar-refractivity contribution < 1.29 is 8.42 Å². The fraction of sp³-hybridized carbons (Fsp3) is 0.571. The molecule has 0 amide bonds. The summed E-state index contributed by atoms with van der Waals surface area (Å²) < 4.78 is 26.8. The van der Waals surface area contributed by atoms with Crippen molar-refractivity contribution in [3.63, 3.8) is 0 Å². The van der Waals surface area contributed by atoms with Gasteiger partial charge in [0.15, 0.2) is 0 Å². The molecule has 1 fully saturated rings. The van der Waals surface area contributed by atoms with Gasteiger partial charge in [-0.1, -0.05) is 6.07 Å². The van der Waals surface area contributed by atoms with Crippen molar-refractivity contribution in [2.75, 3.05) is 20.1 Å². The summed E-state index contributed by atoms with van der Waals surface area (Å²) in [6.07, 6.45) is 4.12. The Morgan fingerprint density at radius 2 is 2.05 bits per heavy atom.